The summed E-state index contributed by atoms with van der Waals surface area (Å²) >= 11 is 0. The molecule has 1 aliphatic carbocycles. The Morgan fingerprint density at radius 1 is 1.30 bits per heavy atom. The van der Waals surface area contributed by atoms with E-state index < -0.39 is 5.97 Å². The molecule has 0 radical (unpaired) electrons. The van der Waals surface area contributed by atoms with Crippen LogP contribution in [-0.2, 0) is 0 Å². The van der Waals surface area contributed by atoms with Crippen LogP contribution >= 0.6 is 0 Å². The van der Waals surface area contributed by atoms with E-state index in [0.29, 0.717) is 11.6 Å². The number of furan rings is 1. The number of hydrogen-bond acceptors (Lipinski definition) is 4. The van der Waals surface area contributed by atoms with Crippen LogP contribution in [0.2, 0.25) is 0 Å². The maximum absolute atomic E-state index is 11.2. The molecule has 0 saturated heterocycles. The smallest absolute Gasteiger partial charge is 0.337 e. The van der Waals surface area contributed by atoms with E-state index in [-0.39, 0.29) is 5.56 Å². The van der Waals surface area contributed by atoms with Crippen molar-refractivity contribution in [3.63, 3.8) is 0 Å². The number of imidazole rings is 1. The molecule has 1 aliphatic rings. The Morgan fingerprint density at radius 2 is 2.13 bits per heavy atom. The van der Waals surface area contributed by atoms with E-state index in [9.17, 15) is 4.79 Å². The zero-order valence-electron chi connectivity index (χ0n) is 12.6. The Hall–Kier alpha value is -2.63. The molecule has 6 heteroatoms. The fourth-order valence-corrected chi connectivity index (χ4v) is 3.38. The molecule has 0 atom stereocenters. The molecule has 6 nitrogen and oxygen atoms in total. The molecule has 3 aromatic rings. The Bertz CT molecular complexity index is 845. The fraction of sp³-hybridized carbons (Fsp3) is 0.353. The standard InChI is InChI=1S/C17H17N3O3/c21-17(22)12-8-14-16(18-9-12)20(13-4-2-1-3-5-13)15(19-14)11-6-7-23-10-11/h6-10,13H,1-5H2,(H,21,22). The first kappa shape index (κ1) is 14.0. The molecule has 0 bridgehead atoms. The molecular weight excluding hydrogens is 294 g/mol. The lowest BCUT2D eigenvalue weighted by molar-refractivity contribution is 0.0696. The number of nitrogens with zero attached hydrogens (tertiary/aromatic N) is 3. The van der Waals surface area contributed by atoms with Crippen LogP contribution in [0, 0.1) is 0 Å². The molecule has 3 heterocycles. The molecule has 4 rings (SSSR count). The number of carboxylic acids is 1. The second-order valence-corrected chi connectivity index (χ2v) is 5.98. The van der Waals surface area contributed by atoms with Crippen molar-refractivity contribution in [2.45, 2.75) is 38.1 Å². The number of carboxylic acid groups (broad SMARTS) is 1. The number of rotatable bonds is 3. The van der Waals surface area contributed by atoms with Gasteiger partial charge in [-0.2, -0.15) is 0 Å². The van der Waals surface area contributed by atoms with E-state index in [1.165, 1.54) is 25.5 Å². The lowest BCUT2D eigenvalue weighted by Gasteiger charge is -2.24. The van der Waals surface area contributed by atoms with Crippen molar-refractivity contribution in [1.29, 1.82) is 0 Å². The molecule has 0 spiro atoms. The van der Waals surface area contributed by atoms with Gasteiger partial charge >= 0.3 is 5.97 Å². The van der Waals surface area contributed by atoms with Crippen molar-refractivity contribution in [2.75, 3.05) is 0 Å². The number of fused-ring (bicyclic) bond motifs is 1. The van der Waals surface area contributed by atoms with Gasteiger partial charge < -0.3 is 14.1 Å². The van der Waals surface area contributed by atoms with Gasteiger partial charge in [-0.15, -0.1) is 0 Å². The van der Waals surface area contributed by atoms with Gasteiger partial charge in [-0.3, -0.25) is 0 Å². The molecule has 118 valence electrons. The summed E-state index contributed by atoms with van der Waals surface area (Å²) in [5.41, 5.74) is 2.42. The van der Waals surface area contributed by atoms with E-state index in [1.54, 1.807) is 18.6 Å². The fourth-order valence-electron chi connectivity index (χ4n) is 3.38. The summed E-state index contributed by atoms with van der Waals surface area (Å²) in [6.07, 6.45) is 10.5. The van der Waals surface area contributed by atoms with Gasteiger partial charge in [0.15, 0.2) is 5.65 Å². The molecule has 1 N–H and O–H groups in total. The molecule has 0 aromatic carbocycles. The van der Waals surface area contributed by atoms with Crippen molar-refractivity contribution in [3.05, 3.63) is 36.4 Å². The van der Waals surface area contributed by atoms with Gasteiger partial charge in [-0.1, -0.05) is 19.3 Å². The minimum absolute atomic E-state index is 0.157. The number of pyridine rings is 1. The summed E-state index contributed by atoms with van der Waals surface area (Å²) in [6.45, 7) is 0. The van der Waals surface area contributed by atoms with Gasteiger partial charge in [0.1, 0.15) is 17.6 Å². The zero-order chi connectivity index (χ0) is 15.8. The molecule has 0 aliphatic heterocycles. The summed E-state index contributed by atoms with van der Waals surface area (Å²) in [4.78, 5) is 20.2. The third kappa shape index (κ3) is 2.40. The highest BCUT2D eigenvalue weighted by molar-refractivity contribution is 5.91. The largest absolute Gasteiger partial charge is 0.478 e. The third-order valence-electron chi connectivity index (χ3n) is 4.50. The Balaban J connectivity index is 1.92. The molecule has 3 aromatic heterocycles. The molecular formula is C17H17N3O3. The lowest BCUT2D eigenvalue weighted by Crippen LogP contribution is -2.14. The highest BCUT2D eigenvalue weighted by atomic mass is 16.4. The Kier molecular flexibility index (Phi) is 3.37. The van der Waals surface area contributed by atoms with Crippen molar-refractivity contribution in [3.8, 4) is 11.4 Å². The van der Waals surface area contributed by atoms with E-state index in [1.807, 2.05) is 6.07 Å². The molecule has 23 heavy (non-hydrogen) atoms. The van der Waals surface area contributed by atoms with Crippen LogP contribution in [0.4, 0.5) is 0 Å². The van der Waals surface area contributed by atoms with Crippen LogP contribution < -0.4 is 0 Å². The highest BCUT2D eigenvalue weighted by Crippen LogP contribution is 2.35. The van der Waals surface area contributed by atoms with Crippen molar-refractivity contribution < 1.29 is 14.3 Å². The van der Waals surface area contributed by atoms with Gasteiger partial charge in [-0.05, 0) is 25.0 Å². The number of carbonyl (C=O) groups is 1. The lowest BCUT2D eigenvalue weighted by atomic mass is 9.95. The van der Waals surface area contributed by atoms with E-state index >= 15 is 0 Å². The maximum atomic E-state index is 11.2. The Morgan fingerprint density at radius 3 is 2.83 bits per heavy atom. The zero-order valence-corrected chi connectivity index (χ0v) is 12.6. The van der Waals surface area contributed by atoms with Crippen LogP contribution in [0.3, 0.4) is 0 Å². The first-order valence-electron chi connectivity index (χ1n) is 7.88. The molecule has 1 saturated carbocycles. The molecule has 0 amide bonds. The average Bonchev–Trinajstić information content (AvgIpc) is 3.22. The van der Waals surface area contributed by atoms with Crippen molar-refractivity contribution >= 4 is 17.1 Å². The Labute approximate surface area is 132 Å². The summed E-state index contributed by atoms with van der Waals surface area (Å²) in [5.74, 6) is -0.188. The van der Waals surface area contributed by atoms with Crippen LogP contribution in [0.15, 0.2) is 35.3 Å². The minimum Gasteiger partial charge on any atom is -0.478 e. The van der Waals surface area contributed by atoms with Crippen LogP contribution in [0.25, 0.3) is 22.6 Å². The van der Waals surface area contributed by atoms with E-state index in [0.717, 1.165) is 29.9 Å². The van der Waals surface area contributed by atoms with Gasteiger partial charge in [0.05, 0.1) is 17.4 Å². The van der Waals surface area contributed by atoms with E-state index in [4.69, 9.17) is 9.52 Å². The quantitative estimate of drug-likeness (QED) is 0.793. The van der Waals surface area contributed by atoms with Crippen LogP contribution in [0.1, 0.15) is 48.5 Å². The number of aromatic nitrogens is 3. The molecule has 0 unspecified atom stereocenters. The number of aromatic carboxylic acids is 1. The second kappa shape index (κ2) is 5.53. The SMILES string of the molecule is O=C(O)c1cnc2c(c1)nc(-c1ccoc1)n2C1CCCCC1. The third-order valence-corrected chi connectivity index (χ3v) is 4.50. The van der Waals surface area contributed by atoms with E-state index in [2.05, 4.69) is 14.5 Å². The van der Waals surface area contributed by atoms with Crippen LogP contribution in [0.5, 0.6) is 0 Å². The monoisotopic (exact) mass is 311 g/mol. The van der Waals surface area contributed by atoms with Crippen molar-refractivity contribution in [1.82, 2.24) is 14.5 Å². The average molecular weight is 311 g/mol. The van der Waals surface area contributed by atoms with Crippen molar-refractivity contribution in [2.24, 2.45) is 0 Å². The maximum Gasteiger partial charge on any atom is 0.337 e. The van der Waals surface area contributed by atoms with Gasteiger partial charge in [0.2, 0.25) is 0 Å². The summed E-state index contributed by atoms with van der Waals surface area (Å²) in [6, 6.07) is 3.81. The van der Waals surface area contributed by atoms with Crippen LogP contribution in [-0.4, -0.2) is 25.6 Å². The predicted octanol–water partition coefficient (Wildman–Crippen LogP) is 3.89. The first-order chi connectivity index (χ1) is 11.2. The minimum atomic E-state index is -0.989. The molecule has 1 fully saturated rings. The normalized spacial score (nSPS) is 16.0. The summed E-state index contributed by atoms with van der Waals surface area (Å²) in [5, 5.41) is 9.16. The van der Waals surface area contributed by atoms with Gasteiger partial charge in [0, 0.05) is 12.2 Å². The first-order valence-corrected chi connectivity index (χ1v) is 7.88. The van der Waals surface area contributed by atoms with Gasteiger partial charge in [0.25, 0.3) is 0 Å². The predicted molar refractivity (Wildman–Crippen MR) is 84.3 cm³/mol. The second-order valence-electron chi connectivity index (χ2n) is 5.98. The highest BCUT2D eigenvalue weighted by Gasteiger charge is 2.24. The summed E-state index contributed by atoms with van der Waals surface area (Å²) < 4.78 is 7.36. The topological polar surface area (TPSA) is 81.2 Å². The number of hydrogen-bond donors (Lipinski definition) is 1. The summed E-state index contributed by atoms with van der Waals surface area (Å²) in [7, 11) is 0. The van der Waals surface area contributed by atoms with Gasteiger partial charge in [-0.25, -0.2) is 14.8 Å².